The number of nitrogens with zero attached hydrogens (tertiary/aromatic N) is 3. The number of ether oxygens (including phenoxy) is 1. The first-order chi connectivity index (χ1) is 11.8. The normalized spacial score (nSPS) is 24.6. The molecular formula is C15H14N4O6. The number of fused-ring (bicyclic) bond motifs is 1. The number of nitro groups is 1. The number of esters is 1. The van der Waals surface area contributed by atoms with Crippen LogP contribution in [0.1, 0.15) is 13.8 Å². The molecule has 0 aliphatic carbocycles. The van der Waals surface area contributed by atoms with Crippen LogP contribution in [0.25, 0.3) is 0 Å². The van der Waals surface area contributed by atoms with E-state index in [2.05, 4.69) is 10.5 Å². The number of carbonyl (C=O) groups excluding carboxylic acids is 3. The van der Waals surface area contributed by atoms with Crippen LogP contribution in [-0.2, 0) is 19.1 Å². The predicted octanol–water partition coefficient (Wildman–Crippen LogP) is 0.365. The summed E-state index contributed by atoms with van der Waals surface area (Å²) in [5.74, 6) is -3.12. The van der Waals surface area contributed by atoms with Crippen LogP contribution in [0, 0.1) is 16.0 Å². The van der Waals surface area contributed by atoms with Crippen molar-refractivity contribution in [1.29, 1.82) is 0 Å². The molecule has 2 atom stereocenters. The summed E-state index contributed by atoms with van der Waals surface area (Å²) in [5.41, 5.74) is 1.01. The molecule has 0 saturated carbocycles. The Bertz CT molecular complexity index is 818. The van der Waals surface area contributed by atoms with E-state index < -0.39 is 34.2 Å². The van der Waals surface area contributed by atoms with Gasteiger partial charge in [-0.1, -0.05) is 0 Å². The topological polar surface area (TPSA) is 131 Å². The van der Waals surface area contributed by atoms with E-state index in [0.717, 1.165) is 4.90 Å². The van der Waals surface area contributed by atoms with Crippen molar-refractivity contribution in [2.75, 3.05) is 11.5 Å². The van der Waals surface area contributed by atoms with Crippen LogP contribution in [0.2, 0.25) is 0 Å². The smallest absolute Gasteiger partial charge is 0.355 e. The van der Waals surface area contributed by atoms with Gasteiger partial charge in [0.25, 0.3) is 11.6 Å². The number of hydrogen-bond donors (Lipinski definition) is 1. The van der Waals surface area contributed by atoms with Crippen LogP contribution in [0.3, 0.4) is 0 Å². The lowest BCUT2D eigenvalue weighted by molar-refractivity contribution is -0.384. The van der Waals surface area contributed by atoms with Gasteiger partial charge >= 0.3 is 5.97 Å². The second kappa shape index (κ2) is 5.65. The molecule has 10 heteroatoms. The third-order valence-corrected chi connectivity index (χ3v) is 4.18. The molecule has 1 fully saturated rings. The molecule has 130 valence electrons. The summed E-state index contributed by atoms with van der Waals surface area (Å²) in [4.78, 5) is 48.6. The van der Waals surface area contributed by atoms with E-state index in [1.54, 1.807) is 6.92 Å². The zero-order chi connectivity index (χ0) is 18.4. The monoisotopic (exact) mass is 346 g/mol. The zero-order valence-electron chi connectivity index (χ0n) is 13.4. The van der Waals surface area contributed by atoms with Gasteiger partial charge < -0.3 is 4.74 Å². The molecule has 2 amide bonds. The lowest BCUT2D eigenvalue weighted by Crippen LogP contribution is -2.48. The number of carbonyl (C=O) groups is 3. The third kappa shape index (κ3) is 2.33. The summed E-state index contributed by atoms with van der Waals surface area (Å²) >= 11 is 0. The summed E-state index contributed by atoms with van der Waals surface area (Å²) in [6, 6.07) is 5.00. The van der Waals surface area contributed by atoms with E-state index >= 15 is 0 Å². The molecule has 1 N–H and O–H groups in total. The van der Waals surface area contributed by atoms with Gasteiger partial charge in [-0.25, -0.2) is 9.69 Å². The molecule has 0 aromatic heterocycles. The Morgan fingerprint density at radius 1 is 1.40 bits per heavy atom. The van der Waals surface area contributed by atoms with Gasteiger partial charge in [-0.3, -0.25) is 25.1 Å². The lowest BCUT2D eigenvalue weighted by Gasteiger charge is -2.20. The van der Waals surface area contributed by atoms with Gasteiger partial charge in [-0.05, 0) is 26.0 Å². The van der Waals surface area contributed by atoms with Gasteiger partial charge in [-0.15, -0.1) is 0 Å². The van der Waals surface area contributed by atoms with Crippen LogP contribution >= 0.6 is 0 Å². The Balaban J connectivity index is 1.96. The summed E-state index contributed by atoms with van der Waals surface area (Å²) in [5, 5.41) is 14.5. The van der Waals surface area contributed by atoms with Crippen LogP contribution in [0.4, 0.5) is 11.4 Å². The van der Waals surface area contributed by atoms with Gasteiger partial charge in [0.05, 0.1) is 17.2 Å². The highest BCUT2D eigenvalue weighted by Crippen LogP contribution is 2.38. The number of nitro benzene ring substituents is 1. The van der Waals surface area contributed by atoms with Crippen molar-refractivity contribution in [3.63, 3.8) is 0 Å². The minimum atomic E-state index is -1.40. The number of hydrazone groups is 1. The maximum Gasteiger partial charge on any atom is 0.355 e. The molecule has 0 radical (unpaired) electrons. The number of non-ortho nitro benzene ring substituents is 1. The standard InChI is InChI=1S/C15H14N4O6/c1-3-25-13(21)11-10-12(20)18(14(22)15(10,2)17-16-11)8-4-6-9(7-5-8)19(23)24/h4-7,10,17H,3H2,1-2H3/t10-,15+/m0/s1. The second-order valence-electron chi connectivity index (χ2n) is 5.72. The molecule has 25 heavy (non-hydrogen) atoms. The van der Waals surface area contributed by atoms with E-state index in [1.165, 1.54) is 31.2 Å². The summed E-state index contributed by atoms with van der Waals surface area (Å²) in [7, 11) is 0. The molecule has 0 bridgehead atoms. The lowest BCUT2D eigenvalue weighted by atomic mass is 9.86. The Kier molecular flexibility index (Phi) is 3.74. The molecule has 1 saturated heterocycles. The number of hydrogen-bond acceptors (Lipinski definition) is 8. The Morgan fingerprint density at radius 3 is 2.60 bits per heavy atom. The summed E-state index contributed by atoms with van der Waals surface area (Å²) in [6.07, 6.45) is 0. The molecule has 1 aromatic carbocycles. The second-order valence-corrected chi connectivity index (χ2v) is 5.72. The average Bonchev–Trinajstić information content (AvgIpc) is 3.02. The number of nitrogens with one attached hydrogen (secondary N) is 1. The van der Waals surface area contributed by atoms with E-state index in [0.29, 0.717) is 0 Å². The van der Waals surface area contributed by atoms with Gasteiger partial charge in [0.2, 0.25) is 5.91 Å². The fraction of sp³-hybridized carbons (Fsp3) is 0.333. The highest BCUT2D eigenvalue weighted by Gasteiger charge is 2.63. The summed E-state index contributed by atoms with van der Waals surface area (Å²) in [6.45, 7) is 3.19. The van der Waals surface area contributed by atoms with Crippen molar-refractivity contribution >= 4 is 34.9 Å². The summed E-state index contributed by atoms with van der Waals surface area (Å²) < 4.78 is 4.88. The molecule has 1 aromatic rings. The van der Waals surface area contributed by atoms with Gasteiger partial charge in [-0.2, -0.15) is 5.10 Å². The largest absolute Gasteiger partial charge is 0.461 e. The van der Waals surface area contributed by atoms with Crippen molar-refractivity contribution in [3.8, 4) is 0 Å². The Labute approximate surface area is 141 Å². The molecule has 0 unspecified atom stereocenters. The van der Waals surface area contributed by atoms with Gasteiger partial charge in [0.1, 0.15) is 11.5 Å². The van der Waals surface area contributed by atoms with E-state index in [1.807, 2.05) is 0 Å². The SMILES string of the molecule is CCOC(=O)C1=NN[C@@]2(C)C(=O)N(c3ccc([N+](=O)[O-])cc3)C(=O)[C@H]12. The van der Waals surface area contributed by atoms with Crippen molar-refractivity contribution in [2.24, 2.45) is 11.0 Å². The number of anilines is 1. The average molecular weight is 346 g/mol. The predicted molar refractivity (Wildman–Crippen MR) is 84.7 cm³/mol. The highest BCUT2D eigenvalue weighted by atomic mass is 16.6. The van der Waals surface area contributed by atoms with Crippen molar-refractivity contribution in [2.45, 2.75) is 19.4 Å². The van der Waals surface area contributed by atoms with E-state index in [9.17, 15) is 24.5 Å². The Morgan fingerprint density at radius 2 is 2.04 bits per heavy atom. The fourth-order valence-corrected chi connectivity index (χ4v) is 2.91. The van der Waals surface area contributed by atoms with E-state index in [4.69, 9.17) is 4.74 Å². The van der Waals surface area contributed by atoms with Crippen molar-refractivity contribution in [1.82, 2.24) is 5.43 Å². The third-order valence-electron chi connectivity index (χ3n) is 4.18. The maximum atomic E-state index is 12.8. The molecule has 2 aliphatic rings. The number of amides is 2. The van der Waals surface area contributed by atoms with Crippen LogP contribution < -0.4 is 10.3 Å². The zero-order valence-corrected chi connectivity index (χ0v) is 13.4. The number of benzene rings is 1. The molecule has 2 heterocycles. The molecular weight excluding hydrogens is 332 g/mol. The molecule has 3 rings (SSSR count). The highest BCUT2D eigenvalue weighted by molar-refractivity contribution is 6.47. The van der Waals surface area contributed by atoms with Crippen LogP contribution in [0.5, 0.6) is 0 Å². The quantitative estimate of drug-likeness (QED) is 0.360. The fourth-order valence-electron chi connectivity index (χ4n) is 2.91. The van der Waals surface area contributed by atoms with Crippen LogP contribution in [0.15, 0.2) is 29.4 Å². The molecule has 10 nitrogen and oxygen atoms in total. The Hall–Kier alpha value is -3.30. The number of rotatable bonds is 4. The maximum absolute atomic E-state index is 12.8. The molecule has 0 spiro atoms. The minimum absolute atomic E-state index is 0.107. The first-order valence-corrected chi connectivity index (χ1v) is 7.46. The van der Waals surface area contributed by atoms with Gasteiger partial charge in [0, 0.05) is 12.1 Å². The van der Waals surface area contributed by atoms with Crippen molar-refractivity contribution in [3.05, 3.63) is 34.4 Å². The first-order valence-electron chi connectivity index (χ1n) is 7.46. The van der Waals surface area contributed by atoms with Gasteiger partial charge in [0.15, 0.2) is 5.71 Å². The van der Waals surface area contributed by atoms with E-state index in [-0.39, 0.29) is 23.7 Å². The van der Waals surface area contributed by atoms with Crippen LogP contribution in [-0.4, -0.2) is 40.6 Å². The number of imide groups is 1. The molecule has 2 aliphatic heterocycles. The van der Waals surface area contributed by atoms with Crippen molar-refractivity contribution < 1.29 is 24.0 Å². The minimum Gasteiger partial charge on any atom is -0.461 e. The first kappa shape index (κ1) is 16.6.